The van der Waals surface area contributed by atoms with Crippen LogP contribution in [0.5, 0.6) is 5.75 Å². The minimum absolute atomic E-state index is 0.251. The molecule has 0 heterocycles. The Morgan fingerprint density at radius 1 is 1.05 bits per heavy atom. The van der Waals surface area contributed by atoms with E-state index in [0.717, 1.165) is 12.2 Å². The number of para-hydroxylation sites is 1. The van der Waals surface area contributed by atoms with Crippen LogP contribution >= 0.6 is 0 Å². The third kappa shape index (κ3) is 3.38. The molecule has 0 saturated heterocycles. The zero-order chi connectivity index (χ0) is 15.4. The molecule has 0 aromatic heterocycles. The van der Waals surface area contributed by atoms with Crippen LogP contribution in [0.1, 0.15) is 41.6 Å². The van der Waals surface area contributed by atoms with Gasteiger partial charge in [-0.1, -0.05) is 42.8 Å². The predicted octanol–water partition coefficient (Wildman–Crippen LogP) is 5.18. The molecule has 1 unspecified atom stereocenters. The summed E-state index contributed by atoms with van der Waals surface area (Å²) in [5, 5.41) is 3.70. The Labute approximate surface area is 128 Å². The summed E-state index contributed by atoms with van der Waals surface area (Å²) in [4.78, 5) is 0. The molecule has 2 nitrogen and oxygen atoms in total. The van der Waals surface area contributed by atoms with E-state index in [2.05, 4.69) is 57.3 Å². The molecule has 0 aliphatic heterocycles. The molecule has 0 amide bonds. The number of rotatable bonds is 5. The van der Waals surface area contributed by atoms with Crippen molar-refractivity contribution in [2.75, 3.05) is 12.4 Å². The molecule has 2 rings (SSSR count). The molecule has 0 aliphatic rings. The highest BCUT2D eigenvalue weighted by Gasteiger charge is 2.15. The van der Waals surface area contributed by atoms with Gasteiger partial charge in [-0.3, -0.25) is 0 Å². The van der Waals surface area contributed by atoms with Crippen LogP contribution in [0.15, 0.2) is 36.4 Å². The first kappa shape index (κ1) is 15.4. The molecule has 0 saturated carbocycles. The van der Waals surface area contributed by atoms with E-state index in [1.807, 2.05) is 12.1 Å². The average molecular weight is 283 g/mol. The molecule has 0 spiro atoms. The molecule has 21 heavy (non-hydrogen) atoms. The molecule has 2 aromatic rings. The van der Waals surface area contributed by atoms with Crippen LogP contribution in [0, 0.1) is 20.8 Å². The van der Waals surface area contributed by atoms with Crippen molar-refractivity contribution in [2.45, 2.75) is 40.2 Å². The SMILES string of the molecule is CCC(Nc1c(C)cc(C)cc1C)c1ccccc1OC. The maximum absolute atomic E-state index is 5.51. The van der Waals surface area contributed by atoms with Crippen LogP contribution in [0.25, 0.3) is 0 Å². The van der Waals surface area contributed by atoms with E-state index < -0.39 is 0 Å². The number of methoxy groups -OCH3 is 1. The van der Waals surface area contributed by atoms with Crippen LogP contribution in [0.2, 0.25) is 0 Å². The lowest BCUT2D eigenvalue weighted by Gasteiger charge is -2.23. The second-order valence-corrected chi connectivity index (χ2v) is 5.62. The molecule has 1 atom stereocenters. The third-order valence-corrected chi connectivity index (χ3v) is 3.92. The number of hydrogen-bond donors (Lipinski definition) is 1. The summed E-state index contributed by atoms with van der Waals surface area (Å²) in [7, 11) is 1.73. The number of nitrogens with one attached hydrogen (secondary N) is 1. The zero-order valence-corrected chi connectivity index (χ0v) is 13.7. The summed E-state index contributed by atoms with van der Waals surface area (Å²) in [6, 6.07) is 12.9. The topological polar surface area (TPSA) is 21.3 Å². The Bertz CT molecular complexity index is 596. The molecule has 0 aliphatic carbocycles. The van der Waals surface area contributed by atoms with Gasteiger partial charge in [0, 0.05) is 11.3 Å². The standard InChI is InChI=1S/C19H25NO/c1-6-17(16-9-7-8-10-18(16)21-5)20-19-14(3)11-13(2)12-15(19)4/h7-12,17,20H,6H2,1-5H3. The first-order valence-corrected chi connectivity index (χ1v) is 7.54. The Morgan fingerprint density at radius 3 is 2.24 bits per heavy atom. The summed E-state index contributed by atoms with van der Waals surface area (Å²) in [6.45, 7) is 8.67. The molecule has 0 bridgehead atoms. The maximum atomic E-state index is 5.51. The molecule has 2 aromatic carbocycles. The number of hydrogen-bond acceptors (Lipinski definition) is 2. The maximum Gasteiger partial charge on any atom is 0.124 e. The fourth-order valence-electron chi connectivity index (χ4n) is 2.94. The highest BCUT2D eigenvalue weighted by atomic mass is 16.5. The summed E-state index contributed by atoms with van der Waals surface area (Å²) < 4.78 is 5.51. The van der Waals surface area contributed by atoms with Gasteiger partial charge in [-0.15, -0.1) is 0 Å². The van der Waals surface area contributed by atoms with Crippen LogP contribution in [0.3, 0.4) is 0 Å². The van der Waals surface area contributed by atoms with Gasteiger partial charge in [0.1, 0.15) is 5.75 Å². The highest BCUT2D eigenvalue weighted by Crippen LogP contribution is 2.32. The minimum Gasteiger partial charge on any atom is -0.496 e. The summed E-state index contributed by atoms with van der Waals surface area (Å²) >= 11 is 0. The molecule has 2 heteroatoms. The summed E-state index contributed by atoms with van der Waals surface area (Å²) in [6.07, 6.45) is 1.01. The fourth-order valence-corrected chi connectivity index (χ4v) is 2.94. The van der Waals surface area contributed by atoms with Crippen molar-refractivity contribution in [1.82, 2.24) is 0 Å². The minimum atomic E-state index is 0.251. The Morgan fingerprint density at radius 2 is 1.67 bits per heavy atom. The van der Waals surface area contributed by atoms with Crippen molar-refractivity contribution in [2.24, 2.45) is 0 Å². The Kier molecular flexibility index (Phi) is 4.89. The lowest BCUT2D eigenvalue weighted by atomic mass is 10.00. The molecular formula is C19H25NO. The number of ether oxygens (including phenoxy) is 1. The van der Waals surface area contributed by atoms with Gasteiger partial charge in [-0.05, 0) is 44.4 Å². The van der Waals surface area contributed by atoms with Crippen LogP contribution in [-0.2, 0) is 0 Å². The first-order valence-electron chi connectivity index (χ1n) is 7.54. The van der Waals surface area contributed by atoms with Crippen molar-refractivity contribution >= 4 is 5.69 Å². The zero-order valence-electron chi connectivity index (χ0n) is 13.7. The average Bonchev–Trinajstić information content (AvgIpc) is 2.46. The lowest BCUT2D eigenvalue weighted by Crippen LogP contribution is -2.13. The van der Waals surface area contributed by atoms with Gasteiger partial charge in [0.25, 0.3) is 0 Å². The summed E-state index contributed by atoms with van der Waals surface area (Å²) in [5.41, 5.74) is 6.34. The second-order valence-electron chi connectivity index (χ2n) is 5.62. The van der Waals surface area contributed by atoms with Gasteiger partial charge in [0.05, 0.1) is 13.2 Å². The Hall–Kier alpha value is -1.96. The van der Waals surface area contributed by atoms with Gasteiger partial charge in [0.15, 0.2) is 0 Å². The molecule has 112 valence electrons. The van der Waals surface area contributed by atoms with Crippen molar-refractivity contribution in [1.29, 1.82) is 0 Å². The van der Waals surface area contributed by atoms with E-state index in [4.69, 9.17) is 4.74 Å². The van der Waals surface area contributed by atoms with E-state index in [-0.39, 0.29) is 6.04 Å². The quantitative estimate of drug-likeness (QED) is 0.816. The van der Waals surface area contributed by atoms with E-state index in [1.54, 1.807) is 7.11 Å². The smallest absolute Gasteiger partial charge is 0.124 e. The van der Waals surface area contributed by atoms with Gasteiger partial charge in [-0.25, -0.2) is 0 Å². The normalized spacial score (nSPS) is 12.0. The van der Waals surface area contributed by atoms with Crippen molar-refractivity contribution in [3.63, 3.8) is 0 Å². The van der Waals surface area contributed by atoms with Crippen molar-refractivity contribution in [3.8, 4) is 5.75 Å². The first-order chi connectivity index (χ1) is 10.1. The second kappa shape index (κ2) is 6.66. The third-order valence-electron chi connectivity index (χ3n) is 3.92. The van der Waals surface area contributed by atoms with E-state index >= 15 is 0 Å². The molecule has 1 N–H and O–H groups in total. The Balaban J connectivity index is 2.36. The van der Waals surface area contributed by atoms with Crippen LogP contribution in [-0.4, -0.2) is 7.11 Å². The van der Waals surface area contributed by atoms with Gasteiger partial charge < -0.3 is 10.1 Å². The van der Waals surface area contributed by atoms with Gasteiger partial charge >= 0.3 is 0 Å². The summed E-state index contributed by atoms with van der Waals surface area (Å²) in [5.74, 6) is 0.944. The predicted molar refractivity (Wildman–Crippen MR) is 90.3 cm³/mol. The highest BCUT2D eigenvalue weighted by molar-refractivity contribution is 5.59. The molecule has 0 radical (unpaired) electrons. The number of aryl methyl sites for hydroxylation is 3. The van der Waals surface area contributed by atoms with Crippen LogP contribution < -0.4 is 10.1 Å². The van der Waals surface area contributed by atoms with Gasteiger partial charge in [0.2, 0.25) is 0 Å². The van der Waals surface area contributed by atoms with E-state index in [0.29, 0.717) is 0 Å². The number of benzene rings is 2. The van der Waals surface area contributed by atoms with Crippen molar-refractivity contribution < 1.29 is 4.74 Å². The monoisotopic (exact) mass is 283 g/mol. The largest absolute Gasteiger partial charge is 0.496 e. The molecule has 0 fully saturated rings. The van der Waals surface area contributed by atoms with E-state index in [1.165, 1.54) is 27.9 Å². The van der Waals surface area contributed by atoms with Crippen molar-refractivity contribution in [3.05, 3.63) is 58.7 Å². The number of anilines is 1. The fraction of sp³-hybridized carbons (Fsp3) is 0.368. The van der Waals surface area contributed by atoms with Crippen LogP contribution in [0.4, 0.5) is 5.69 Å². The van der Waals surface area contributed by atoms with E-state index in [9.17, 15) is 0 Å². The van der Waals surface area contributed by atoms with Gasteiger partial charge in [-0.2, -0.15) is 0 Å². The molecular weight excluding hydrogens is 258 g/mol. The lowest BCUT2D eigenvalue weighted by molar-refractivity contribution is 0.406.